The molecule has 0 aliphatic heterocycles. The van der Waals surface area contributed by atoms with E-state index in [1.807, 2.05) is 45.9 Å². The van der Waals surface area contributed by atoms with Crippen LogP contribution in [0.25, 0.3) is 0 Å². The van der Waals surface area contributed by atoms with Crippen molar-refractivity contribution in [2.75, 3.05) is 6.61 Å². The number of benzene rings is 2. The summed E-state index contributed by atoms with van der Waals surface area (Å²) in [4.78, 5) is 25.0. The number of nitrogens with one attached hydrogen (secondary N) is 2. The maximum Gasteiger partial charge on any atom is 0.262 e. The summed E-state index contributed by atoms with van der Waals surface area (Å²) in [6, 6.07) is 9.97. The first-order valence-electron chi connectivity index (χ1n) is 9.93. The van der Waals surface area contributed by atoms with Crippen molar-refractivity contribution in [2.24, 2.45) is 11.0 Å². The van der Waals surface area contributed by atoms with E-state index in [9.17, 15) is 9.59 Å². The predicted molar refractivity (Wildman–Crippen MR) is 125 cm³/mol. The van der Waals surface area contributed by atoms with Crippen LogP contribution in [-0.4, -0.2) is 30.7 Å². The van der Waals surface area contributed by atoms with E-state index in [0.717, 1.165) is 11.1 Å². The molecule has 0 bridgehead atoms. The van der Waals surface area contributed by atoms with Gasteiger partial charge >= 0.3 is 0 Å². The molecular weight excluding hydrogens is 437 g/mol. The molecular formula is C23H27Cl2N3O3. The highest BCUT2D eigenvalue weighted by atomic mass is 35.5. The van der Waals surface area contributed by atoms with E-state index in [2.05, 4.69) is 15.8 Å². The summed E-state index contributed by atoms with van der Waals surface area (Å²) in [6.07, 6.45) is 1.88. The van der Waals surface area contributed by atoms with Gasteiger partial charge in [-0.2, -0.15) is 5.10 Å². The third-order valence-corrected chi connectivity index (χ3v) is 5.02. The standard InChI is InChI=1S/C23H27Cl2N3O3/c1-14(2)10-20(23(30)28-26-12-17-8-9-18(24)11-19(17)25)27-21(29)13-31-22-15(3)6-5-7-16(22)4/h5-9,11-12,14,20H,10,13H2,1-4H3,(H,27,29)(H,28,30)/b26-12-/t20-/m0/s1. The highest BCUT2D eigenvalue weighted by Crippen LogP contribution is 2.22. The summed E-state index contributed by atoms with van der Waals surface area (Å²) in [5.74, 6) is 0.0564. The Balaban J connectivity index is 1.97. The third kappa shape index (κ3) is 7.89. The molecule has 0 radical (unpaired) electrons. The maximum absolute atomic E-state index is 12.6. The number of hydrogen-bond donors (Lipinski definition) is 2. The topological polar surface area (TPSA) is 79.8 Å². The number of nitrogens with zero attached hydrogens (tertiary/aromatic N) is 1. The van der Waals surface area contributed by atoms with Crippen LogP contribution in [0.15, 0.2) is 41.5 Å². The van der Waals surface area contributed by atoms with E-state index in [0.29, 0.717) is 27.8 Å². The van der Waals surface area contributed by atoms with Gasteiger partial charge in [0.05, 0.1) is 11.2 Å². The number of amides is 2. The number of aryl methyl sites for hydroxylation is 2. The molecule has 6 nitrogen and oxygen atoms in total. The van der Waals surface area contributed by atoms with Gasteiger partial charge in [-0.1, -0.05) is 61.3 Å². The number of halogens is 2. The van der Waals surface area contributed by atoms with Gasteiger partial charge in [0.15, 0.2) is 6.61 Å². The molecule has 2 aromatic rings. The van der Waals surface area contributed by atoms with Crippen molar-refractivity contribution in [1.29, 1.82) is 0 Å². The molecule has 0 aliphatic rings. The van der Waals surface area contributed by atoms with Crippen molar-refractivity contribution in [2.45, 2.75) is 40.2 Å². The van der Waals surface area contributed by atoms with Gasteiger partial charge in [-0.3, -0.25) is 9.59 Å². The highest BCUT2D eigenvalue weighted by molar-refractivity contribution is 6.36. The summed E-state index contributed by atoms with van der Waals surface area (Å²) in [5, 5.41) is 7.61. The molecule has 0 unspecified atom stereocenters. The van der Waals surface area contributed by atoms with Crippen LogP contribution in [0.3, 0.4) is 0 Å². The van der Waals surface area contributed by atoms with Gasteiger partial charge in [0.2, 0.25) is 0 Å². The third-order valence-electron chi connectivity index (χ3n) is 4.46. The van der Waals surface area contributed by atoms with Crippen LogP contribution < -0.4 is 15.5 Å². The molecule has 0 aromatic heterocycles. The largest absolute Gasteiger partial charge is 0.483 e. The van der Waals surface area contributed by atoms with Crippen molar-refractivity contribution >= 4 is 41.2 Å². The minimum Gasteiger partial charge on any atom is -0.483 e. The van der Waals surface area contributed by atoms with Crippen molar-refractivity contribution in [1.82, 2.24) is 10.7 Å². The van der Waals surface area contributed by atoms with Gasteiger partial charge in [0, 0.05) is 10.6 Å². The number of carbonyl (C=O) groups is 2. The molecule has 2 aromatic carbocycles. The highest BCUT2D eigenvalue weighted by Gasteiger charge is 2.22. The number of hydrazone groups is 1. The van der Waals surface area contributed by atoms with Gasteiger partial charge in [0.25, 0.3) is 11.8 Å². The summed E-state index contributed by atoms with van der Waals surface area (Å²) < 4.78 is 5.68. The number of rotatable bonds is 9. The SMILES string of the molecule is Cc1cccc(C)c1OCC(=O)N[C@@H](CC(C)C)C(=O)N/N=C\c1ccc(Cl)cc1Cl. The van der Waals surface area contributed by atoms with E-state index < -0.39 is 11.9 Å². The lowest BCUT2D eigenvalue weighted by Crippen LogP contribution is -2.47. The Morgan fingerprint density at radius 1 is 1.13 bits per heavy atom. The Kier molecular flexibility index (Phi) is 9.34. The fourth-order valence-corrected chi connectivity index (χ4v) is 3.41. The number of carbonyl (C=O) groups excluding carboxylic acids is 2. The summed E-state index contributed by atoms with van der Waals surface area (Å²) in [5.41, 5.74) is 4.96. The molecule has 0 heterocycles. The lowest BCUT2D eigenvalue weighted by Gasteiger charge is -2.19. The van der Waals surface area contributed by atoms with Gasteiger partial charge in [0.1, 0.15) is 11.8 Å². The number of para-hydroxylation sites is 1. The second-order valence-corrected chi connectivity index (χ2v) is 8.50. The average molecular weight is 464 g/mol. The Hall–Kier alpha value is -2.57. The molecule has 0 spiro atoms. The molecule has 0 aliphatic carbocycles. The van der Waals surface area contributed by atoms with Crippen LogP contribution in [0.4, 0.5) is 0 Å². The molecule has 0 saturated carbocycles. The summed E-state index contributed by atoms with van der Waals surface area (Å²) in [7, 11) is 0. The molecule has 2 N–H and O–H groups in total. The Morgan fingerprint density at radius 3 is 2.42 bits per heavy atom. The predicted octanol–water partition coefficient (Wildman–Crippen LogP) is 4.67. The van der Waals surface area contributed by atoms with Crippen LogP contribution in [-0.2, 0) is 9.59 Å². The van der Waals surface area contributed by atoms with Crippen LogP contribution >= 0.6 is 23.2 Å². The van der Waals surface area contributed by atoms with E-state index in [4.69, 9.17) is 27.9 Å². The van der Waals surface area contributed by atoms with Gasteiger partial charge < -0.3 is 10.1 Å². The van der Waals surface area contributed by atoms with E-state index >= 15 is 0 Å². The van der Waals surface area contributed by atoms with Crippen LogP contribution in [0.2, 0.25) is 10.0 Å². The van der Waals surface area contributed by atoms with E-state index in [-0.39, 0.29) is 18.4 Å². The smallest absolute Gasteiger partial charge is 0.262 e. The van der Waals surface area contributed by atoms with Crippen molar-refractivity contribution in [3.63, 3.8) is 0 Å². The van der Waals surface area contributed by atoms with Crippen LogP contribution in [0, 0.1) is 19.8 Å². The molecule has 31 heavy (non-hydrogen) atoms. The first-order chi connectivity index (χ1) is 14.7. The molecule has 1 atom stereocenters. The van der Waals surface area contributed by atoms with Crippen LogP contribution in [0.1, 0.15) is 37.0 Å². The summed E-state index contributed by atoms with van der Waals surface area (Å²) in [6.45, 7) is 7.59. The Labute approximate surface area is 193 Å². The van der Waals surface area contributed by atoms with Gasteiger partial charge in [-0.05, 0) is 49.4 Å². The van der Waals surface area contributed by atoms with E-state index in [1.54, 1.807) is 18.2 Å². The molecule has 0 fully saturated rings. The minimum atomic E-state index is -0.744. The monoisotopic (exact) mass is 463 g/mol. The van der Waals surface area contributed by atoms with Crippen molar-refractivity contribution in [3.05, 3.63) is 63.1 Å². The molecule has 2 rings (SSSR count). The molecule has 166 valence electrons. The lowest BCUT2D eigenvalue weighted by atomic mass is 10.0. The first kappa shape index (κ1) is 24.7. The first-order valence-corrected chi connectivity index (χ1v) is 10.7. The van der Waals surface area contributed by atoms with Crippen molar-refractivity contribution < 1.29 is 14.3 Å². The maximum atomic E-state index is 12.6. The normalized spacial score (nSPS) is 12.1. The number of hydrogen-bond acceptors (Lipinski definition) is 4. The molecule has 8 heteroatoms. The Morgan fingerprint density at radius 2 is 1.81 bits per heavy atom. The quantitative estimate of drug-likeness (QED) is 0.418. The second kappa shape index (κ2) is 11.7. The fourth-order valence-electron chi connectivity index (χ4n) is 2.95. The Bertz CT molecular complexity index is 941. The van der Waals surface area contributed by atoms with Gasteiger partial charge in [-0.25, -0.2) is 5.43 Å². The van der Waals surface area contributed by atoms with Crippen molar-refractivity contribution in [3.8, 4) is 5.75 Å². The summed E-state index contributed by atoms with van der Waals surface area (Å²) >= 11 is 12.0. The zero-order valence-electron chi connectivity index (χ0n) is 18.0. The molecule has 2 amide bonds. The van der Waals surface area contributed by atoms with Crippen LogP contribution in [0.5, 0.6) is 5.75 Å². The minimum absolute atomic E-state index is 0.183. The second-order valence-electron chi connectivity index (χ2n) is 7.66. The lowest BCUT2D eigenvalue weighted by molar-refractivity contribution is -0.130. The average Bonchev–Trinajstić information content (AvgIpc) is 2.68. The van der Waals surface area contributed by atoms with E-state index in [1.165, 1.54) is 6.21 Å². The fraction of sp³-hybridized carbons (Fsp3) is 0.348. The number of ether oxygens (including phenoxy) is 1. The molecule has 0 saturated heterocycles. The zero-order valence-corrected chi connectivity index (χ0v) is 19.6. The van der Waals surface area contributed by atoms with Gasteiger partial charge in [-0.15, -0.1) is 0 Å². The zero-order chi connectivity index (χ0) is 23.0.